The van der Waals surface area contributed by atoms with E-state index in [4.69, 9.17) is 4.42 Å². The van der Waals surface area contributed by atoms with E-state index in [0.29, 0.717) is 23.5 Å². The lowest BCUT2D eigenvalue weighted by Gasteiger charge is -2.31. The summed E-state index contributed by atoms with van der Waals surface area (Å²) >= 11 is 0. The molecule has 0 radical (unpaired) electrons. The Morgan fingerprint density at radius 2 is 1.68 bits per heavy atom. The lowest BCUT2D eigenvalue weighted by Crippen LogP contribution is -2.42. The SMILES string of the molecule is O=S(=O)(Cc1ccco1)C1CCN(S(=O)(=O)c2ccc3c(c2)CCCC3)CC1. The molecule has 1 saturated heterocycles. The van der Waals surface area contributed by atoms with Crippen molar-refractivity contribution >= 4 is 19.9 Å². The minimum atomic E-state index is -3.59. The lowest BCUT2D eigenvalue weighted by atomic mass is 9.92. The molecule has 0 unspecified atom stereocenters. The molecule has 2 heterocycles. The molecule has 28 heavy (non-hydrogen) atoms. The largest absolute Gasteiger partial charge is 0.468 e. The third kappa shape index (κ3) is 3.90. The number of sulfone groups is 1. The third-order valence-electron chi connectivity index (χ3n) is 5.79. The molecule has 0 amide bonds. The number of fused-ring (bicyclic) bond motifs is 1. The van der Waals surface area contributed by atoms with Crippen molar-refractivity contribution in [1.82, 2.24) is 4.31 Å². The van der Waals surface area contributed by atoms with Crippen LogP contribution >= 0.6 is 0 Å². The zero-order valence-corrected chi connectivity index (χ0v) is 17.3. The number of rotatable bonds is 5. The van der Waals surface area contributed by atoms with Crippen molar-refractivity contribution in [1.29, 1.82) is 0 Å². The maximum Gasteiger partial charge on any atom is 0.243 e. The molecule has 2 aromatic rings. The smallest absolute Gasteiger partial charge is 0.243 e. The first-order valence-corrected chi connectivity index (χ1v) is 12.9. The van der Waals surface area contributed by atoms with Crippen LogP contribution in [0.3, 0.4) is 0 Å². The van der Waals surface area contributed by atoms with Gasteiger partial charge in [0.25, 0.3) is 0 Å². The summed E-state index contributed by atoms with van der Waals surface area (Å²) in [5, 5.41) is -0.535. The van der Waals surface area contributed by atoms with E-state index in [9.17, 15) is 16.8 Å². The van der Waals surface area contributed by atoms with Gasteiger partial charge in [-0.15, -0.1) is 0 Å². The van der Waals surface area contributed by atoms with Gasteiger partial charge in [0.1, 0.15) is 11.5 Å². The Morgan fingerprint density at radius 3 is 2.36 bits per heavy atom. The zero-order chi connectivity index (χ0) is 19.8. The van der Waals surface area contributed by atoms with Crippen LogP contribution in [0.25, 0.3) is 0 Å². The number of furan rings is 1. The summed E-state index contributed by atoms with van der Waals surface area (Å²) in [7, 11) is -6.96. The van der Waals surface area contributed by atoms with Crippen LogP contribution in [0.1, 0.15) is 42.6 Å². The van der Waals surface area contributed by atoms with Crippen molar-refractivity contribution < 1.29 is 21.3 Å². The predicted octanol–water partition coefficient (Wildman–Crippen LogP) is 2.93. The molecule has 8 heteroatoms. The summed E-state index contributed by atoms with van der Waals surface area (Å²) in [4.78, 5) is 0.324. The van der Waals surface area contributed by atoms with Gasteiger partial charge in [0, 0.05) is 13.1 Å². The van der Waals surface area contributed by atoms with Crippen molar-refractivity contribution in [3.8, 4) is 0 Å². The highest BCUT2D eigenvalue weighted by Crippen LogP contribution is 2.29. The van der Waals surface area contributed by atoms with E-state index in [2.05, 4.69) is 0 Å². The second-order valence-electron chi connectivity index (χ2n) is 7.63. The number of sulfonamides is 1. The van der Waals surface area contributed by atoms with E-state index in [-0.39, 0.29) is 18.8 Å². The molecule has 2 aliphatic rings. The number of hydrogen-bond acceptors (Lipinski definition) is 5. The molecule has 4 rings (SSSR count). The average molecular weight is 424 g/mol. The molecule has 1 aromatic heterocycles. The van der Waals surface area contributed by atoms with Crippen LogP contribution < -0.4 is 0 Å². The van der Waals surface area contributed by atoms with Crippen molar-refractivity contribution in [3.05, 3.63) is 53.5 Å². The van der Waals surface area contributed by atoms with Crippen LogP contribution in [0.5, 0.6) is 0 Å². The van der Waals surface area contributed by atoms with Gasteiger partial charge in [-0.05, 0) is 73.9 Å². The minimum absolute atomic E-state index is 0.137. The highest BCUT2D eigenvalue weighted by atomic mass is 32.2. The molecule has 152 valence electrons. The Bertz CT molecular complexity index is 1030. The number of piperidine rings is 1. The van der Waals surface area contributed by atoms with Crippen molar-refractivity contribution in [2.24, 2.45) is 0 Å². The van der Waals surface area contributed by atoms with Crippen LogP contribution in [-0.2, 0) is 38.5 Å². The van der Waals surface area contributed by atoms with Gasteiger partial charge >= 0.3 is 0 Å². The molecule has 0 bridgehead atoms. The highest BCUT2D eigenvalue weighted by molar-refractivity contribution is 7.91. The van der Waals surface area contributed by atoms with Crippen LogP contribution in [-0.4, -0.2) is 39.5 Å². The molecule has 0 atom stereocenters. The fourth-order valence-electron chi connectivity index (χ4n) is 4.16. The van der Waals surface area contributed by atoms with Crippen LogP contribution in [0.15, 0.2) is 45.9 Å². The first-order chi connectivity index (χ1) is 13.4. The summed E-state index contributed by atoms with van der Waals surface area (Å²) < 4.78 is 57.9. The monoisotopic (exact) mass is 423 g/mol. The summed E-state index contributed by atoms with van der Waals surface area (Å²) in [5.41, 5.74) is 2.37. The number of aryl methyl sites for hydroxylation is 2. The van der Waals surface area contributed by atoms with Crippen LogP contribution in [0, 0.1) is 0 Å². The molecule has 1 aliphatic heterocycles. The molecule has 0 saturated carbocycles. The first-order valence-electron chi connectivity index (χ1n) is 9.72. The summed E-state index contributed by atoms with van der Waals surface area (Å²) in [6.07, 6.45) is 6.26. The molecule has 0 spiro atoms. The maximum atomic E-state index is 13.0. The topological polar surface area (TPSA) is 84.7 Å². The van der Waals surface area contributed by atoms with E-state index in [1.54, 1.807) is 18.2 Å². The first kappa shape index (κ1) is 19.7. The highest BCUT2D eigenvalue weighted by Gasteiger charge is 2.35. The standard InChI is InChI=1S/C20H25NO5S2/c22-27(23,15-18-6-3-13-26-18)19-9-11-21(12-10-19)28(24,25)20-8-7-16-4-1-2-5-17(16)14-20/h3,6-8,13-14,19H,1-2,4-5,9-12,15H2. The Balaban J connectivity index is 1.45. The van der Waals surface area contributed by atoms with Gasteiger partial charge in [-0.2, -0.15) is 4.31 Å². The Kier molecular flexibility index (Phi) is 5.37. The molecule has 1 fully saturated rings. The van der Waals surface area contributed by atoms with Crippen molar-refractivity contribution in [2.75, 3.05) is 13.1 Å². The van der Waals surface area contributed by atoms with Gasteiger partial charge in [0.15, 0.2) is 9.84 Å². The van der Waals surface area contributed by atoms with Gasteiger partial charge < -0.3 is 4.42 Å². The quantitative estimate of drug-likeness (QED) is 0.738. The van der Waals surface area contributed by atoms with Gasteiger partial charge in [-0.1, -0.05) is 6.07 Å². The Labute approximate surface area is 166 Å². The van der Waals surface area contributed by atoms with E-state index in [1.165, 1.54) is 16.1 Å². The van der Waals surface area contributed by atoms with E-state index in [1.807, 2.05) is 12.1 Å². The van der Waals surface area contributed by atoms with Gasteiger partial charge in [-0.25, -0.2) is 16.8 Å². The second kappa shape index (κ2) is 7.65. The van der Waals surface area contributed by atoms with Gasteiger partial charge in [-0.3, -0.25) is 0 Å². The second-order valence-corrected chi connectivity index (χ2v) is 11.8. The van der Waals surface area contributed by atoms with Gasteiger partial charge in [0.2, 0.25) is 10.0 Å². The van der Waals surface area contributed by atoms with Crippen molar-refractivity contribution in [2.45, 2.75) is 54.4 Å². The summed E-state index contributed by atoms with van der Waals surface area (Å²) in [6, 6.07) is 8.75. The Morgan fingerprint density at radius 1 is 0.964 bits per heavy atom. The molecule has 1 aliphatic carbocycles. The van der Waals surface area contributed by atoms with Gasteiger partial charge in [0.05, 0.1) is 16.4 Å². The fourth-order valence-corrected chi connectivity index (χ4v) is 7.41. The minimum Gasteiger partial charge on any atom is -0.468 e. The fraction of sp³-hybridized carbons (Fsp3) is 0.500. The Hall–Kier alpha value is -1.64. The average Bonchev–Trinajstić information content (AvgIpc) is 3.20. The summed E-state index contributed by atoms with van der Waals surface area (Å²) in [5.74, 6) is 0.284. The maximum absolute atomic E-state index is 13.0. The van der Waals surface area contributed by atoms with E-state index < -0.39 is 25.1 Å². The molecular formula is C20H25NO5S2. The van der Waals surface area contributed by atoms with Crippen LogP contribution in [0.4, 0.5) is 0 Å². The number of nitrogens with zero attached hydrogens (tertiary/aromatic N) is 1. The normalized spacial score (nSPS) is 19.4. The molecule has 6 nitrogen and oxygen atoms in total. The van der Waals surface area contributed by atoms with E-state index in [0.717, 1.165) is 31.2 Å². The van der Waals surface area contributed by atoms with Crippen LogP contribution in [0.2, 0.25) is 0 Å². The molecular weight excluding hydrogens is 398 g/mol. The molecule has 0 N–H and O–H groups in total. The van der Waals surface area contributed by atoms with Crippen molar-refractivity contribution in [3.63, 3.8) is 0 Å². The number of hydrogen-bond donors (Lipinski definition) is 0. The van der Waals surface area contributed by atoms with E-state index >= 15 is 0 Å². The molecule has 1 aromatic carbocycles. The summed E-state index contributed by atoms with van der Waals surface area (Å²) in [6.45, 7) is 0.447. The zero-order valence-electron chi connectivity index (χ0n) is 15.7. The third-order valence-corrected chi connectivity index (χ3v) is 9.86. The lowest BCUT2D eigenvalue weighted by molar-refractivity contribution is 0.345. The predicted molar refractivity (Wildman–Crippen MR) is 106 cm³/mol. The number of benzene rings is 1.